The first-order valence-corrected chi connectivity index (χ1v) is 7.70. The first kappa shape index (κ1) is 13.1. The van der Waals surface area contributed by atoms with Crippen LogP contribution in [0.2, 0.25) is 0 Å². The molecule has 1 aromatic rings. The van der Waals surface area contributed by atoms with Crippen LogP contribution in [0.3, 0.4) is 0 Å². The second-order valence-electron chi connectivity index (χ2n) is 6.01. The summed E-state index contributed by atoms with van der Waals surface area (Å²) in [5, 5.41) is 3.40. The Morgan fingerprint density at radius 3 is 2.68 bits per heavy atom. The molecule has 0 radical (unpaired) electrons. The molecule has 2 aliphatic rings. The molecule has 2 atom stereocenters. The van der Waals surface area contributed by atoms with Gasteiger partial charge in [-0.15, -0.1) is 0 Å². The van der Waals surface area contributed by atoms with Gasteiger partial charge in [-0.1, -0.05) is 6.42 Å². The summed E-state index contributed by atoms with van der Waals surface area (Å²) in [6, 6.07) is 5.86. The van der Waals surface area contributed by atoms with E-state index in [9.17, 15) is 0 Å². The standard InChI is InChI=1S/C16H25N3/c1-17-12-14-4-2-3-11-19(15-5-6-15)16(14)13-7-9-18-10-8-13/h7-10,14-17H,2-6,11-12H2,1H3. The fourth-order valence-corrected chi connectivity index (χ4v) is 3.58. The van der Waals surface area contributed by atoms with Crippen LogP contribution in [-0.2, 0) is 0 Å². The summed E-state index contributed by atoms with van der Waals surface area (Å²) in [5.41, 5.74) is 1.46. The van der Waals surface area contributed by atoms with Crippen LogP contribution in [0.25, 0.3) is 0 Å². The highest BCUT2D eigenvalue weighted by molar-refractivity contribution is 5.18. The number of rotatable bonds is 4. The average Bonchev–Trinajstić information content (AvgIpc) is 3.26. The van der Waals surface area contributed by atoms with Gasteiger partial charge < -0.3 is 5.32 Å². The monoisotopic (exact) mass is 259 g/mol. The first-order valence-electron chi connectivity index (χ1n) is 7.70. The van der Waals surface area contributed by atoms with Crippen molar-refractivity contribution in [1.29, 1.82) is 0 Å². The van der Waals surface area contributed by atoms with E-state index >= 15 is 0 Å². The van der Waals surface area contributed by atoms with Crippen LogP contribution >= 0.6 is 0 Å². The van der Waals surface area contributed by atoms with Crippen molar-refractivity contribution in [3.05, 3.63) is 30.1 Å². The van der Waals surface area contributed by atoms with E-state index in [0.29, 0.717) is 6.04 Å². The Morgan fingerprint density at radius 2 is 2.00 bits per heavy atom. The summed E-state index contributed by atoms with van der Waals surface area (Å²) >= 11 is 0. The number of hydrogen-bond donors (Lipinski definition) is 1. The molecule has 3 nitrogen and oxygen atoms in total. The molecule has 2 unspecified atom stereocenters. The largest absolute Gasteiger partial charge is 0.319 e. The van der Waals surface area contributed by atoms with Crippen molar-refractivity contribution in [2.75, 3.05) is 20.1 Å². The molecule has 1 N–H and O–H groups in total. The quantitative estimate of drug-likeness (QED) is 0.901. The van der Waals surface area contributed by atoms with Crippen molar-refractivity contribution in [2.45, 2.75) is 44.2 Å². The summed E-state index contributed by atoms with van der Waals surface area (Å²) in [7, 11) is 2.08. The van der Waals surface area contributed by atoms with Crippen LogP contribution in [0.5, 0.6) is 0 Å². The Hall–Kier alpha value is -0.930. The van der Waals surface area contributed by atoms with Crippen molar-refractivity contribution >= 4 is 0 Å². The van der Waals surface area contributed by atoms with E-state index in [-0.39, 0.29) is 0 Å². The van der Waals surface area contributed by atoms with Crippen LogP contribution in [0, 0.1) is 5.92 Å². The van der Waals surface area contributed by atoms with E-state index in [1.807, 2.05) is 12.4 Å². The van der Waals surface area contributed by atoms with Crippen molar-refractivity contribution in [3.8, 4) is 0 Å². The Balaban J connectivity index is 1.89. The van der Waals surface area contributed by atoms with Crippen LogP contribution in [0.15, 0.2) is 24.5 Å². The molecule has 1 saturated heterocycles. The molecule has 0 aromatic carbocycles. The maximum absolute atomic E-state index is 4.19. The van der Waals surface area contributed by atoms with E-state index in [1.54, 1.807) is 0 Å². The lowest BCUT2D eigenvalue weighted by atomic mass is 9.89. The number of nitrogens with one attached hydrogen (secondary N) is 1. The third kappa shape index (κ3) is 2.98. The van der Waals surface area contributed by atoms with Crippen molar-refractivity contribution in [2.24, 2.45) is 5.92 Å². The van der Waals surface area contributed by atoms with E-state index in [4.69, 9.17) is 0 Å². The van der Waals surface area contributed by atoms with Gasteiger partial charge in [0.05, 0.1) is 0 Å². The summed E-state index contributed by atoms with van der Waals surface area (Å²) in [6.07, 6.45) is 10.8. The van der Waals surface area contributed by atoms with E-state index < -0.39 is 0 Å². The number of nitrogens with zero attached hydrogens (tertiary/aromatic N) is 2. The average molecular weight is 259 g/mol. The minimum atomic E-state index is 0.588. The lowest BCUT2D eigenvalue weighted by Crippen LogP contribution is -2.37. The molecule has 2 fully saturated rings. The lowest BCUT2D eigenvalue weighted by molar-refractivity contribution is 0.145. The Morgan fingerprint density at radius 1 is 1.21 bits per heavy atom. The molecule has 19 heavy (non-hydrogen) atoms. The lowest BCUT2D eigenvalue weighted by Gasteiger charge is -2.35. The van der Waals surface area contributed by atoms with Gasteiger partial charge in [-0.2, -0.15) is 0 Å². The van der Waals surface area contributed by atoms with E-state index in [0.717, 1.165) is 18.5 Å². The fourth-order valence-electron chi connectivity index (χ4n) is 3.58. The zero-order valence-electron chi connectivity index (χ0n) is 11.9. The summed E-state index contributed by atoms with van der Waals surface area (Å²) in [4.78, 5) is 6.97. The highest BCUT2D eigenvalue weighted by Gasteiger charge is 2.38. The molecule has 3 rings (SSSR count). The molecular weight excluding hydrogens is 234 g/mol. The minimum Gasteiger partial charge on any atom is -0.319 e. The van der Waals surface area contributed by atoms with Crippen LogP contribution in [0.4, 0.5) is 0 Å². The summed E-state index contributed by atoms with van der Waals surface area (Å²) < 4.78 is 0. The van der Waals surface area contributed by atoms with Gasteiger partial charge in [0.1, 0.15) is 0 Å². The molecule has 3 heteroatoms. The van der Waals surface area contributed by atoms with Crippen LogP contribution in [0.1, 0.15) is 43.7 Å². The fraction of sp³-hybridized carbons (Fsp3) is 0.688. The third-order valence-electron chi connectivity index (χ3n) is 4.57. The summed E-state index contributed by atoms with van der Waals surface area (Å²) in [5.74, 6) is 0.732. The molecule has 1 aliphatic carbocycles. The first-order chi connectivity index (χ1) is 9.40. The van der Waals surface area contributed by atoms with Gasteiger partial charge in [0.15, 0.2) is 0 Å². The minimum absolute atomic E-state index is 0.588. The number of hydrogen-bond acceptors (Lipinski definition) is 3. The number of likely N-dealkylation sites (tertiary alicyclic amines) is 1. The van der Waals surface area contributed by atoms with Gasteiger partial charge >= 0.3 is 0 Å². The number of pyridine rings is 1. The van der Waals surface area contributed by atoms with Gasteiger partial charge in [0, 0.05) is 24.5 Å². The number of aromatic nitrogens is 1. The van der Waals surface area contributed by atoms with Gasteiger partial charge in [-0.3, -0.25) is 9.88 Å². The molecule has 0 amide bonds. The maximum atomic E-state index is 4.19. The SMILES string of the molecule is CNCC1CCCCN(C2CC2)C1c1ccncc1. The van der Waals surface area contributed by atoms with Gasteiger partial charge in [-0.05, 0) is 69.4 Å². The molecule has 1 aromatic heterocycles. The smallest absolute Gasteiger partial charge is 0.0392 e. The molecule has 1 saturated carbocycles. The van der Waals surface area contributed by atoms with Gasteiger partial charge in [0.25, 0.3) is 0 Å². The second kappa shape index (κ2) is 6.02. The van der Waals surface area contributed by atoms with Gasteiger partial charge in [0.2, 0.25) is 0 Å². The molecule has 104 valence electrons. The van der Waals surface area contributed by atoms with Gasteiger partial charge in [-0.25, -0.2) is 0 Å². The molecule has 0 bridgehead atoms. The zero-order valence-corrected chi connectivity index (χ0v) is 11.9. The highest BCUT2D eigenvalue weighted by atomic mass is 15.2. The zero-order chi connectivity index (χ0) is 13.1. The van der Waals surface area contributed by atoms with Crippen molar-refractivity contribution < 1.29 is 0 Å². The van der Waals surface area contributed by atoms with Crippen LogP contribution < -0.4 is 5.32 Å². The Labute approximate surface area is 116 Å². The van der Waals surface area contributed by atoms with Crippen molar-refractivity contribution in [1.82, 2.24) is 15.2 Å². The highest BCUT2D eigenvalue weighted by Crippen LogP contribution is 2.41. The Kier molecular flexibility index (Phi) is 4.14. The summed E-state index contributed by atoms with van der Waals surface area (Å²) in [6.45, 7) is 2.40. The van der Waals surface area contributed by atoms with E-state index in [2.05, 4.69) is 34.4 Å². The van der Waals surface area contributed by atoms with Crippen LogP contribution in [-0.4, -0.2) is 36.1 Å². The van der Waals surface area contributed by atoms with E-state index in [1.165, 1.54) is 44.2 Å². The maximum Gasteiger partial charge on any atom is 0.0392 e. The molecular formula is C16H25N3. The molecule has 2 heterocycles. The Bertz CT molecular complexity index is 388. The van der Waals surface area contributed by atoms with Crippen molar-refractivity contribution in [3.63, 3.8) is 0 Å². The molecule has 1 aliphatic heterocycles. The predicted octanol–water partition coefficient (Wildman–Crippen LogP) is 2.61. The third-order valence-corrected chi connectivity index (χ3v) is 4.57. The normalized spacial score (nSPS) is 29.1. The molecule has 0 spiro atoms. The topological polar surface area (TPSA) is 28.2 Å². The predicted molar refractivity (Wildman–Crippen MR) is 78.0 cm³/mol. The second-order valence-corrected chi connectivity index (χ2v) is 6.01.